The van der Waals surface area contributed by atoms with Gasteiger partial charge in [0, 0.05) is 36.0 Å². The summed E-state index contributed by atoms with van der Waals surface area (Å²) < 4.78 is 11.5. The molecule has 1 aromatic carbocycles. The number of aromatic amines is 1. The first-order valence-corrected chi connectivity index (χ1v) is 9.43. The average molecular weight is 381 g/mol. The first-order valence-electron chi connectivity index (χ1n) is 9.43. The first-order chi connectivity index (χ1) is 13.5. The fourth-order valence-electron chi connectivity index (χ4n) is 3.83. The molecule has 2 aromatic heterocycles. The molecule has 146 valence electrons. The Bertz CT molecular complexity index is 1090. The molecule has 3 aromatic rings. The van der Waals surface area contributed by atoms with E-state index in [1.165, 1.54) is 0 Å². The van der Waals surface area contributed by atoms with Gasteiger partial charge in [0.05, 0.1) is 6.54 Å². The highest BCUT2D eigenvalue weighted by Crippen LogP contribution is 2.33. The number of nitrogens with zero attached hydrogens (tertiary/aromatic N) is 2. The summed E-state index contributed by atoms with van der Waals surface area (Å²) in [7, 11) is 1.71. The molecule has 1 unspecified atom stereocenters. The molecular weight excluding hydrogens is 358 g/mol. The number of amides is 1. The summed E-state index contributed by atoms with van der Waals surface area (Å²) in [6.07, 6.45) is 5.33. The van der Waals surface area contributed by atoms with Gasteiger partial charge < -0.3 is 19.0 Å². The number of carbonyl (C=O) groups is 1. The zero-order valence-corrected chi connectivity index (χ0v) is 16.2. The molecule has 1 atom stereocenters. The van der Waals surface area contributed by atoms with E-state index in [0.717, 1.165) is 41.3 Å². The van der Waals surface area contributed by atoms with Crippen LogP contribution in [0, 0.1) is 6.92 Å². The van der Waals surface area contributed by atoms with Gasteiger partial charge in [-0.15, -0.1) is 0 Å². The maximum absolute atomic E-state index is 12.6. The van der Waals surface area contributed by atoms with Crippen molar-refractivity contribution < 1.29 is 13.9 Å². The van der Waals surface area contributed by atoms with Crippen molar-refractivity contribution in [2.75, 3.05) is 7.05 Å². The molecule has 1 amide bonds. The van der Waals surface area contributed by atoms with Crippen molar-refractivity contribution in [2.45, 2.75) is 45.8 Å². The predicted octanol–water partition coefficient (Wildman–Crippen LogP) is 2.74. The molecular formula is C21H23N3O4. The summed E-state index contributed by atoms with van der Waals surface area (Å²) in [6, 6.07) is 3.78. The zero-order valence-electron chi connectivity index (χ0n) is 16.2. The summed E-state index contributed by atoms with van der Waals surface area (Å²) >= 11 is 0. The van der Waals surface area contributed by atoms with Crippen LogP contribution in [0.1, 0.15) is 35.9 Å². The number of likely N-dealkylation sites (N-methyl/N-ethyl adjacent to an activating group) is 1. The number of fused-ring (bicyclic) bond motifs is 3. The van der Waals surface area contributed by atoms with Gasteiger partial charge in [-0.3, -0.25) is 4.79 Å². The van der Waals surface area contributed by atoms with Crippen molar-refractivity contribution in [2.24, 2.45) is 0 Å². The maximum Gasteiger partial charge on any atom is 0.339 e. The zero-order chi connectivity index (χ0) is 19.8. The number of imidazole rings is 1. The number of nitrogens with one attached hydrogen (secondary N) is 1. The highest BCUT2D eigenvalue weighted by atomic mass is 16.5. The lowest BCUT2D eigenvalue weighted by Crippen LogP contribution is -2.37. The molecule has 1 aliphatic carbocycles. The second-order valence-electron chi connectivity index (χ2n) is 7.26. The molecule has 0 saturated heterocycles. The normalized spacial score (nSPS) is 14.1. The van der Waals surface area contributed by atoms with E-state index in [2.05, 4.69) is 9.97 Å². The Morgan fingerprint density at radius 2 is 2.14 bits per heavy atom. The Labute approximate surface area is 162 Å². The standard InChI is InChI=1S/C21H23N3O4/c1-12-17(27-13(2)20(25)24(3)11-18-22-9-10-23-18)8-7-15-14-5-4-6-16(14)21(26)28-19(12)15/h7-10,13H,4-6,11H2,1-3H3,(H,22,23). The number of ether oxygens (including phenoxy) is 1. The molecule has 1 aliphatic rings. The van der Waals surface area contributed by atoms with Crippen LogP contribution < -0.4 is 10.4 Å². The van der Waals surface area contributed by atoms with Crippen LogP contribution in [0.4, 0.5) is 0 Å². The molecule has 2 heterocycles. The molecule has 28 heavy (non-hydrogen) atoms. The summed E-state index contributed by atoms with van der Waals surface area (Å²) in [4.78, 5) is 33.6. The molecule has 1 N–H and O–H groups in total. The third kappa shape index (κ3) is 3.17. The second kappa shape index (κ2) is 7.14. The number of rotatable bonds is 5. The third-order valence-corrected chi connectivity index (χ3v) is 5.31. The summed E-state index contributed by atoms with van der Waals surface area (Å²) in [5.41, 5.74) is 2.90. The SMILES string of the molecule is Cc1c(OC(C)C(=O)N(C)Cc2ncc[nH]2)ccc2c3c(c(=O)oc12)CCC3. The van der Waals surface area contributed by atoms with Crippen molar-refractivity contribution in [3.8, 4) is 5.75 Å². The van der Waals surface area contributed by atoms with E-state index in [0.29, 0.717) is 23.7 Å². The molecule has 0 saturated carbocycles. The number of H-pyrrole nitrogens is 1. The van der Waals surface area contributed by atoms with Gasteiger partial charge in [0.1, 0.15) is 17.2 Å². The smallest absolute Gasteiger partial charge is 0.339 e. The van der Waals surface area contributed by atoms with Crippen molar-refractivity contribution in [1.29, 1.82) is 0 Å². The van der Waals surface area contributed by atoms with Crippen molar-refractivity contribution in [1.82, 2.24) is 14.9 Å². The van der Waals surface area contributed by atoms with Crippen LogP contribution in [0.25, 0.3) is 11.0 Å². The minimum atomic E-state index is -0.683. The number of aromatic nitrogens is 2. The van der Waals surface area contributed by atoms with Crippen LogP contribution in [0.15, 0.2) is 33.7 Å². The lowest BCUT2D eigenvalue weighted by Gasteiger charge is -2.22. The van der Waals surface area contributed by atoms with Crippen LogP contribution in [-0.4, -0.2) is 33.9 Å². The van der Waals surface area contributed by atoms with Gasteiger partial charge in [0.25, 0.3) is 5.91 Å². The van der Waals surface area contributed by atoms with E-state index in [9.17, 15) is 9.59 Å². The molecule has 0 fully saturated rings. The van der Waals surface area contributed by atoms with Gasteiger partial charge in [-0.1, -0.05) is 0 Å². The number of hydrogen-bond donors (Lipinski definition) is 1. The predicted molar refractivity (Wildman–Crippen MR) is 104 cm³/mol. The Morgan fingerprint density at radius 1 is 1.36 bits per heavy atom. The van der Waals surface area contributed by atoms with Gasteiger partial charge >= 0.3 is 5.63 Å². The number of hydrogen-bond acceptors (Lipinski definition) is 5. The average Bonchev–Trinajstić information content (AvgIpc) is 3.36. The van der Waals surface area contributed by atoms with Crippen LogP contribution in [-0.2, 0) is 24.2 Å². The Morgan fingerprint density at radius 3 is 2.89 bits per heavy atom. The molecule has 4 rings (SSSR count). The highest BCUT2D eigenvalue weighted by molar-refractivity contribution is 5.86. The minimum absolute atomic E-state index is 0.161. The highest BCUT2D eigenvalue weighted by Gasteiger charge is 2.24. The van der Waals surface area contributed by atoms with Crippen LogP contribution in [0.5, 0.6) is 5.75 Å². The fraction of sp³-hybridized carbons (Fsp3) is 0.381. The lowest BCUT2D eigenvalue weighted by atomic mass is 10.0. The van der Waals surface area contributed by atoms with Gasteiger partial charge in [0.2, 0.25) is 0 Å². The van der Waals surface area contributed by atoms with E-state index in [4.69, 9.17) is 9.15 Å². The first kappa shape index (κ1) is 18.3. The maximum atomic E-state index is 12.6. The number of benzene rings is 1. The van der Waals surface area contributed by atoms with Crippen LogP contribution in [0.2, 0.25) is 0 Å². The summed E-state index contributed by atoms with van der Waals surface area (Å²) in [6.45, 7) is 3.94. The molecule has 7 heteroatoms. The number of carbonyl (C=O) groups excluding carboxylic acids is 1. The third-order valence-electron chi connectivity index (χ3n) is 5.31. The topological polar surface area (TPSA) is 88.4 Å². The largest absolute Gasteiger partial charge is 0.480 e. The van der Waals surface area contributed by atoms with Gasteiger partial charge in [-0.2, -0.15) is 0 Å². The van der Waals surface area contributed by atoms with E-state index in [1.54, 1.807) is 31.3 Å². The van der Waals surface area contributed by atoms with Gasteiger partial charge in [0.15, 0.2) is 6.10 Å². The van der Waals surface area contributed by atoms with Crippen molar-refractivity contribution >= 4 is 16.9 Å². The van der Waals surface area contributed by atoms with Gasteiger partial charge in [-0.25, -0.2) is 9.78 Å². The number of aryl methyl sites for hydroxylation is 2. The van der Waals surface area contributed by atoms with Gasteiger partial charge in [-0.05, 0) is 50.8 Å². The van der Waals surface area contributed by atoms with E-state index < -0.39 is 6.10 Å². The van der Waals surface area contributed by atoms with Crippen LogP contribution >= 0.6 is 0 Å². The molecule has 0 aliphatic heterocycles. The molecule has 0 radical (unpaired) electrons. The minimum Gasteiger partial charge on any atom is -0.480 e. The molecule has 7 nitrogen and oxygen atoms in total. The Kier molecular flexibility index (Phi) is 4.66. The Balaban J connectivity index is 1.57. The molecule has 0 spiro atoms. The molecule has 0 bridgehead atoms. The second-order valence-corrected chi connectivity index (χ2v) is 7.26. The van der Waals surface area contributed by atoms with E-state index in [1.807, 2.05) is 19.1 Å². The van der Waals surface area contributed by atoms with Crippen molar-refractivity contribution in [3.63, 3.8) is 0 Å². The Hall–Kier alpha value is -3.09. The fourth-order valence-corrected chi connectivity index (χ4v) is 3.83. The quantitative estimate of drug-likeness (QED) is 0.687. The van der Waals surface area contributed by atoms with E-state index in [-0.39, 0.29) is 11.5 Å². The summed E-state index contributed by atoms with van der Waals surface area (Å²) in [5, 5.41) is 0.964. The van der Waals surface area contributed by atoms with Crippen LogP contribution in [0.3, 0.4) is 0 Å². The van der Waals surface area contributed by atoms with E-state index >= 15 is 0 Å². The monoisotopic (exact) mass is 381 g/mol. The van der Waals surface area contributed by atoms with Crippen molar-refractivity contribution in [3.05, 3.63) is 57.5 Å². The summed E-state index contributed by atoms with van der Waals surface area (Å²) in [5.74, 6) is 1.09. The lowest BCUT2D eigenvalue weighted by molar-refractivity contribution is -0.137.